The van der Waals surface area contributed by atoms with Crippen molar-refractivity contribution in [1.82, 2.24) is 19.4 Å². The van der Waals surface area contributed by atoms with Crippen LogP contribution >= 0.6 is 15.9 Å². The van der Waals surface area contributed by atoms with Crippen LogP contribution < -0.4 is 16.6 Å². The van der Waals surface area contributed by atoms with Crippen molar-refractivity contribution in [3.05, 3.63) is 97.9 Å². The van der Waals surface area contributed by atoms with Crippen LogP contribution in [0.3, 0.4) is 0 Å². The molecule has 2 heterocycles. The molecule has 0 spiro atoms. The van der Waals surface area contributed by atoms with Crippen LogP contribution in [0.4, 0.5) is 23.9 Å². The number of aromatic nitrogens is 2. The van der Waals surface area contributed by atoms with Gasteiger partial charge in [-0.05, 0) is 68.7 Å². The van der Waals surface area contributed by atoms with Crippen molar-refractivity contribution < 1.29 is 41.8 Å². The van der Waals surface area contributed by atoms with E-state index in [1.165, 1.54) is 52.9 Å². The van der Waals surface area contributed by atoms with Crippen molar-refractivity contribution in [3.8, 4) is 5.69 Å². The van der Waals surface area contributed by atoms with Gasteiger partial charge in [0, 0.05) is 46.7 Å². The van der Waals surface area contributed by atoms with Gasteiger partial charge in [-0.15, -0.1) is 6.58 Å². The summed E-state index contributed by atoms with van der Waals surface area (Å²) in [7, 11) is 1.20. The zero-order valence-corrected chi connectivity index (χ0v) is 32.2. The Balaban J connectivity index is 1.61. The van der Waals surface area contributed by atoms with Gasteiger partial charge >= 0.3 is 18.2 Å². The lowest BCUT2D eigenvalue weighted by molar-refractivity contribution is -0.171. The number of ether oxygens (including phenoxy) is 2. The van der Waals surface area contributed by atoms with Crippen LogP contribution in [0.15, 0.2) is 64.4 Å². The summed E-state index contributed by atoms with van der Waals surface area (Å²) in [5, 5.41) is 3.11. The Bertz CT molecular complexity index is 1990. The molecule has 290 valence electrons. The third-order valence-electron chi connectivity index (χ3n) is 8.86. The second kappa shape index (κ2) is 17.0. The largest absolute Gasteiger partial charge is 0.424 e. The number of imide groups is 1. The molecule has 2 aromatic carbocycles. The highest BCUT2D eigenvalue weighted by molar-refractivity contribution is 9.10. The fraction of sp³-hybridized carbons (Fsp3) is 0.405. The van der Waals surface area contributed by atoms with Gasteiger partial charge in [0.05, 0.1) is 23.5 Å². The van der Waals surface area contributed by atoms with Crippen molar-refractivity contribution in [1.29, 1.82) is 0 Å². The van der Waals surface area contributed by atoms with Crippen LogP contribution in [0.25, 0.3) is 5.69 Å². The van der Waals surface area contributed by atoms with Gasteiger partial charge < -0.3 is 25.4 Å². The smallest absolute Gasteiger partial charge is 0.419 e. The number of carbonyl (C=O) groups excluding carboxylic acids is 4. The molecule has 0 saturated heterocycles. The third kappa shape index (κ3) is 9.18. The summed E-state index contributed by atoms with van der Waals surface area (Å²) in [6, 6.07) is 7.17. The van der Waals surface area contributed by atoms with Gasteiger partial charge in [-0.25, -0.2) is 19.2 Å². The Kier molecular flexibility index (Phi) is 13.1. The third-order valence-corrected chi connectivity index (χ3v) is 9.55. The van der Waals surface area contributed by atoms with Gasteiger partial charge in [0.25, 0.3) is 17.4 Å². The number of rotatable bonds is 11. The van der Waals surface area contributed by atoms with E-state index in [2.05, 4.69) is 27.8 Å². The van der Waals surface area contributed by atoms with Gasteiger partial charge in [0.1, 0.15) is 6.04 Å². The number of nitrogens with one attached hydrogen (secondary N) is 1. The topological polar surface area (TPSA) is 166 Å². The van der Waals surface area contributed by atoms with Gasteiger partial charge in [-0.3, -0.25) is 19.2 Å². The Hall–Kier alpha value is -5.03. The first-order valence-corrected chi connectivity index (χ1v) is 17.8. The minimum Gasteiger partial charge on any atom is -0.424 e. The fourth-order valence-electron chi connectivity index (χ4n) is 5.46. The monoisotopic (exact) mass is 818 g/mol. The van der Waals surface area contributed by atoms with E-state index in [9.17, 15) is 37.1 Å². The Labute approximate surface area is 318 Å². The molecule has 1 aliphatic heterocycles. The number of nitrogens with two attached hydrogens (primary N) is 1. The van der Waals surface area contributed by atoms with Crippen molar-refractivity contribution in [2.24, 2.45) is 11.7 Å². The molecule has 0 fully saturated rings. The van der Waals surface area contributed by atoms with E-state index in [-0.39, 0.29) is 58.6 Å². The quantitative estimate of drug-likeness (QED) is 0.132. The number of halogens is 4. The summed E-state index contributed by atoms with van der Waals surface area (Å²) in [5.74, 6) is -2.26. The van der Waals surface area contributed by atoms with E-state index < -0.39 is 59.5 Å². The molecule has 4 rings (SSSR count). The number of hydrogen-bond acceptors (Lipinski definition) is 10. The van der Waals surface area contributed by atoms with Gasteiger partial charge in [-0.1, -0.05) is 42.8 Å². The average Bonchev–Trinajstić information content (AvgIpc) is 3.13. The summed E-state index contributed by atoms with van der Waals surface area (Å²) < 4.78 is 52.3. The van der Waals surface area contributed by atoms with Crippen LogP contribution in [0.1, 0.15) is 78.6 Å². The second-order valence-corrected chi connectivity index (χ2v) is 14.0. The van der Waals surface area contributed by atoms with Crippen LogP contribution in [0, 0.1) is 5.92 Å². The van der Waals surface area contributed by atoms with E-state index in [0.717, 1.165) is 6.07 Å². The fourth-order valence-corrected chi connectivity index (χ4v) is 5.93. The first kappa shape index (κ1) is 41.7. The van der Waals surface area contributed by atoms with E-state index in [0.29, 0.717) is 16.2 Å². The van der Waals surface area contributed by atoms with Gasteiger partial charge in [0.15, 0.2) is 0 Å². The number of amides is 3. The van der Waals surface area contributed by atoms with Gasteiger partial charge in [0.2, 0.25) is 12.2 Å². The van der Waals surface area contributed by atoms with E-state index in [1.54, 1.807) is 40.7 Å². The number of carbonyl (C=O) groups is 4. The molecule has 1 aromatic heterocycles. The summed E-state index contributed by atoms with van der Waals surface area (Å²) in [6.07, 6.45) is -5.26. The maximum atomic E-state index is 14.1. The van der Waals surface area contributed by atoms with Crippen molar-refractivity contribution >= 4 is 45.8 Å². The van der Waals surface area contributed by atoms with Crippen LogP contribution in [0.5, 0.6) is 0 Å². The molecule has 13 nitrogen and oxygen atoms in total. The number of anilines is 1. The molecule has 1 aliphatic rings. The molecule has 3 N–H and O–H groups in total. The van der Waals surface area contributed by atoms with E-state index in [1.807, 2.05) is 0 Å². The Morgan fingerprint density at radius 2 is 1.74 bits per heavy atom. The molecule has 0 radical (unpaired) electrons. The number of benzene rings is 2. The maximum absolute atomic E-state index is 14.1. The molecule has 54 heavy (non-hydrogen) atoms. The lowest BCUT2D eigenvalue weighted by Gasteiger charge is -2.35. The van der Waals surface area contributed by atoms with Crippen molar-refractivity contribution in [2.45, 2.75) is 84.6 Å². The van der Waals surface area contributed by atoms with Gasteiger partial charge in [-0.2, -0.15) is 13.2 Å². The predicted molar refractivity (Wildman–Crippen MR) is 197 cm³/mol. The van der Waals surface area contributed by atoms with E-state index >= 15 is 0 Å². The molecule has 3 amide bonds. The number of hydrogen-bond donors (Lipinski definition) is 2. The predicted octanol–water partition coefficient (Wildman–Crippen LogP) is 6.06. The highest BCUT2D eigenvalue weighted by atomic mass is 79.9. The molecule has 0 unspecified atom stereocenters. The lowest BCUT2D eigenvalue weighted by Crippen LogP contribution is -2.46. The molecule has 3 aromatic rings. The minimum atomic E-state index is -4.68. The second-order valence-electron chi connectivity index (χ2n) is 13.2. The summed E-state index contributed by atoms with van der Waals surface area (Å²) in [4.78, 5) is 72.8. The zero-order valence-electron chi connectivity index (χ0n) is 30.6. The number of esters is 1. The first-order chi connectivity index (χ1) is 25.3. The SMILES string of the molecule is C=C[C@H](C)Nc1nc2c(c(=O)n1-c1ccc(C(=O)N(C)C(=O)O[C@H](CC)OC(=O)[C@@H](N)C(C)C)cc1)C[C@@H](C)N(C(=O)c1ccc(Br)c(C(F)(F)F)c1)C2. The van der Waals surface area contributed by atoms with Crippen LogP contribution in [-0.4, -0.2) is 74.7 Å². The molecule has 0 bridgehead atoms. The number of alkyl halides is 3. The molecular weight excluding hydrogens is 777 g/mol. The maximum Gasteiger partial charge on any atom is 0.419 e. The molecule has 17 heteroatoms. The Morgan fingerprint density at radius 1 is 1.11 bits per heavy atom. The zero-order chi connectivity index (χ0) is 40.2. The highest BCUT2D eigenvalue weighted by Crippen LogP contribution is 2.36. The number of fused-ring (bicyclic) bond motifs is 1. The molecule has 0 saturated carbocycles. The average molecular weight is 820 g/mol. The first-order valence-electron chi connectivity index (χ1n) is 17.1. The number of nitrogens with zero attached hydrogens (tertiary/aromatic N) is 4. The minimum absolute atomic E-state index is 0.0633. The molecular formula is C37H42BrF3N6O7. The normalized spacial score (nSPS) is 15.8. The Morgan fingerprint density at radius 3 is 2.31 bits per heavy atom. The highest BCUT2D eigenvalue weighted by Gasteiger charge is 2.36. The van der Waals surface area contributed by atoms with Crippen LogP contribution in [-0.2, 0) is 33.4 Å². The molecule has 0 aliphatic carbocycles. The molecule has 4 atom stereocenters. The lowest BCUT2D eigenvalue weighted by atomic mass is 9.98. The standard InChI is InChI=1S/C37H42BrF3N6O7/c1-8-20(5)43-35-44-28-18-46(32(49)23-12-15-27(38)26(17-23)37(39,40)41)21(6)16-25(28)33(50)47(35)24-13-10-22(11-14-24)31(48)45(7)36(52)54-29(9-2)53-34(51)30(42)19(3)4/h8,10-15,17,19-21,29-30H,1,9,16,18,42H2,2-7H3,(H,43,44)/t20-,21+,29+,30-/m0/s1. The van der Waals surface area contributed by atoms with Crippen LogP contribution in [0.2, 0.25) is 0 Å². The van der Waals surface area contributed by atoms with E-state index in [4.69, 9.17) is 20.2 Å². The van der Waals surface area contributed by atoms with Crippen molar-refractivity contribution in [3.63, 3.8) is 0 Å². The van der Waals surface area contributed by atoms with Crippen molar-refractivity contribution in [2.75, 3.05) is 12.4 Å². The summed E-state index contributed by atoms with van der Waals surface area (Å²) in [6.45, 7) is 12.2. The summed E-state index contributed by atoms with van der Waals surface area (Å²) in [5.41, 5.74) is 5.17. The summed E-state index contributed by atoms with van der Waals surface area (Å²) >= 11 is 2.90.